The lowest BCUT2D eigenvalue weighted by Crippen LogP contribution is -2.39. The van der Waals surface area contributed by atoms with Crippen molar-refractivity contribution < 1.29 is 4.74 Å². The van der Waals surface area contributed by atoms with Crippen LogP contribution in [-0.4, -0.2) is 62.8 Å². The van der Waals surface area contributed by atoms with Gasteiger partial charge in [-0.3, -0.25) is 4.99 Å². The van der Waals surface area contributed by atoms with Crippen molar-refractivity contribution in [3.63, 3.8) is 0 Å². The Labute approximate surface area is 165 Å². The Morgan fingerprint density at radius 2 is 2.00 bits per heavy atom. The third-order valence-corrected chi connectivity index (χ3v) is 4.91. The normalized spacial score (nSPS) is 23.1. The summed E-state index contributed by atoms with van der Waals surface area (Å²) in [6.45, 7) is 11.9. The fraction of sp³-hybridized carbons (Fsp3) is 0.944. The molecule has 0 aromatic carbocycles. The molecule has 2 rings (SSSR count). The number of ether oxygens (including phenoxy) is 1. The van der Waals surface area contributed by atoms with E-state index < -0.39 is 0 Å². The summed E-state index contributed by atoms with van der Waals surface area (Å²) in [5.74, 6) is 1.87. The van der Waals surface area contributed by atoms with Gasteiger partial charge in [-0.15, -0.1) is 24.0 Å². The van der Waals surface area contributed by atoms with Gasteiger partial charge in [0.2, 0.25) is 0 Å². The molecule has 2 saturated heterocycles. The molecule has 1 atom stereocenters. The van der Waals surface area contributed by atoms with Gasteiger partial charge in [-0.25, -0.2) is 0 Å². The van der Waals surface area contributed by atoms with Gasteiger partial charge in [0.25, 0.3) is 0 Å². The van der Waals surface area contributed by atoms with Crippen molar-refractivity contribution in [3.8, 4) is 0 Å². The molecule has 0 aromatic heterocycles. The predicted octanol–water partition coefficient (Wildman–Crippen LogP) is 2.85. The van der Waals surface area contributed by atoms with Crippen LogP contribution in [0.3, 0.4) is 0 Å². The second kappa shape index (κ2) is 13.2. The zero-order valence-electron chi connectivity index (χ0n) is 15.6. The molecule has 0 bridgehead atoms. The highest BCUT2D eigenvalue weighted by atomic mass is 127. The third kappa shape index (κ3) is 8.85. The van der Waals surface area contributed by atoms with Crippen LogP contribution >= 0.6 is 24.0 Å². The smallest absolute Gasteiger partial charge is 0.191 e. The first-order valence-electron chi connectivity index (χ1n) is 9.64. The van der Waals surface area contributed by atoms with Crippen LogP contribution in [0.1, 0.15) is 52.4 Å². The summed E-state index contributed by atoms with van der Waals surface area (Å²) in [7, 11) is 0. The Balaban J connectivity index is 0.00000288. The molecule has 142 valence electrons. The van der Waals surface area contributed by atoms with Crippen molar-refractivity contribution in [1.29, 1.82) is 0 Å². The minimum atomic E-state index is 0. The van der Waals surface area contributed by atoms with E-state index in [1.54, 1.807) is 0 Å². The van der Waals surface area contributed by atoms with E-state index in [1.165, 1.54) is 45.3 Å². The summed E-state index contributed by atoms with van der Waals surface area (Å²) in [5, 5.41) is 6.77. The molecule has 2 aliphatic rings. The molecular weight excluding hydrogens is 415 g/mol. The van der Waals surface area contributed by atoms with Crippen LogP contribution in [0, 0.1) is 5.92 Å². The molecule has 2 fully saturated rings. The Kier molecular flexibility index (Phi) is 12.0. The van der Waals surface area contributed by atoms with Gasteiger partial charge in [0.15, 0.2) is 5.96 Å². The number of aliphatic imine (C=N–C) groups is 1. The first-order valence-corrected chi connectivity index (χ1v) is 9.64. The van der Waals surface area contributed by atoms with E-state index in [-0.39, 0.29) is 24.0 Å². The quantitative estimate of drug-likeness (QED) is 0.258. The van der Waals surface area contributed by atoms with E-state index in [0.29, 0.717) is 6.10 Å². The Hall–Kier alpha value is -0.0800. The van der Waals surface area contributed by atoms with Crippen LogP contribution in [0.4, 0.5) is 0 Å². The standard InChI is InChI=1S/C18H36N4O.HI/c1-3-19-18(21-11-7-17-6-4-15-23-17)20-10-5-12-22-13-8-16(2)9-14-22;/h16-17H,3-15H2,1-2H3,(H2,19,20,21);1H. The minimum absolute atomic E-state index is 0. The topological polar surface area (TPSA) is 48.9 Å². The second-order valence-corrected chi connectivity index (χ2v) is 6.99. The average molecular weight is 452 g/mol. The van der Waals surface area contributed by atoms with Crippen LogP contribution in [0.2, 0.25) is 0 Å². The van der Waals surface area contributed by atoms with Gasteiger partial charge >= 0.3 is 0 Å². The maximum Gasteiger partial charge on any atom is 0.191 e. The number of guanidine groups is 1. The number of hydrogen-bond acceptors (Lipinski definition) is 3. The monoisotopic (exact) mass is 452 g/mol. The van der Waals surface area contributed by atoms with E-state index >= 15 is 0 Å². The number of nitrogens with one attached hydrogen (secondary N) is 2. The van der Waals surface area contributed by atoms with Gasteiger partial charge in [0.1, 0.15) is 0 Å². The summed E-state index contributed by atoms with van der Waals surface area (Å²) < 4.78 is 5.66. The highest BCUT2D eigenvalue weighted by Gasteiger charge is 2.15. The number of likely N-dealkylation sites (tertiary alicyclic amines) is 1. The summed E-state index contributed by atoms with van der Waals surface area (Å²) in [6.07, 6.45) is 7.82. The van der Waals surface area contributed by atoms with Crippen molar-refractivity contribution in [2.24, 2.45) is 10.9 Å². The van der Waals surface area contributed by atoms with Crippen molar-refractivity contribution in [2.45, 2.75) is 58.5 Å². The lowest BCUT2D eigenvalue weighted by Gasteiger charge is -2.29. The number of hydrogen-bond donors (Lipinski definition) is 2. The minimum Gasteiger partial charge on any atom is -0.378 e. The molecule has 0 aromatic rings. The predicted molar refractivity (Wildman–Crippen MR) is 112 cm³/mol. The van der Waals surface area contributed by atoms with Gasteiger partial charge in [-0.2, -0.15) is 0 Å². The van der Waals surface area contributed by atoms with Crippen molar-refractivity contribution in [2.75, 3.05) is 45.9 Å². The van der Waals surface area contributed by atoms with Crippen LogP contribution in [0.5, 0.6) is 0 Å². The maximum atomic E-state index is 5.66. The Morgan fingerprint density at radius 3 is 2.67 bits per heavy atom. The van der Waals surface area contributed by atoms with Gasteiger partial charge in [-0.1, -0.05) is 6.92 Å². The molecule has 2 aliphatic heterocycles. The fourth-order valence-electron chi connectivity index (χ4n) is 3.34. The molecule has 24 heavy (non-hydrogen) atoms. The number of rotatable bonds is 8. The Bertz CT molecular complexity index is 340. The van der Waals surface area contributed by atoms with Crippen molar-refractivity contribution in [1.82, 2.24) is 15.5 Å². The molecule has 5 nitrogen and oxygen atoms in total. The molecule has 0 amide bonds. The van der Waals surface area contributed by atoms with Gasteiger partial charge in [0, 0.05) is 26.2 Å². The van der Waals surface area contributed by atoms with Gasteiger partial charge < -0.3 is 20.3 Å². The lowest BCUT2D eigenvalue weighted by molar-refractivity contribution is 0.105. The number of piperidine rings is 1. The first kappa shape index (κ1) is 22.0. The molecule has 0 radical (unpaired) electrons. The molecule has 2 N–H and O–H groups in total. The average Bonchev–Trinajstić information content (AvgIpc) is 3.06. The highest BCUT2D eigenvalue weighted by Crippen LogP contribution is 2.16. The van der Waals surface area contributed by atoms with Crippen LogP contribution in [-0.2, 0) is 4.74 Å². The van der Waals surface area contributed by atoms with Gasteiger partial charge in [0.05, 0.1) is 6.10 Å². The molecule has 2 heterocycles. The van der Waals surface area contributed by atoms with E-state index in [4.69, 9.17) is 9.73 Å². The fourth-order valence-corrected chi connectivity index (χ4v) is 3.34. The van der Waals surface area contributed by atoms with Crippen molar-refractivity contribution in [3.05, 3.63) is 0 Å². The lowest BCUT2D eigenvalue weighted by atomic mass is 9.99. The van der Waals surface area contributed by atoms with E-state index in [1.807, 2.05) is 0 Å². The third-order valence-electron chi connectivity index (χ3n) is 4.91. The first-order chi connectivity index (χ1) is 11.3. The molecule has 0 aliphatic carbocycles. The summed E-state index contributed by atoms with van der Waals surface area (Å²) in [5.41, 5.74) is 0. The van der Waals surface area contributed by atoms with Gasteiger partial charge in [-0.05, 0) is 71.0 Å². The maximum absolute atomic E-state index is 5.66. The van der Waals surface area contributed by atoms with E-state index in [2.05, 4.69) is 29.4 Å². The molecule has 0 saturated carbocycles. The zero-order chi connectivity index (χ0) is 16.3. The van der Waals surface area contributed by atoms with E-state index in [0.717, 1.165) is 51.0 Å². The second-order valence-electron chi connectivity index (χ2n) is 6.99. The summed E-state index contributed by atoms with van der Waals surface area (Å²) in [6, 6.07) is 0. The highest BCUT2D eigenvalue weighted by molar-refractivity contribution is 14.0. The molecule has 1 unspecified atom stereocenters. The van der Waals surface area contributed by atoms with Crippen molar-refractivity contribution >= 4 is 29.9 Å². The molecule has 0 spiro atoms. The van der Waals surface area contributed by atoms with E-state index in [9.17, 15) is 0 Å². The molecule has 6 heteroatoms. The Morgan fingerprint density at radius 1 is 1.21 bits per heavy atom. The van der Waals surface area contributed by atoms with Crippen LogP contribution in [0.15, 0.2) is 4.99 Å². The largest absolute Gasteiger partial charge is 0.378 e. The van der Waals surface area contributed by atoms with Crippen LogP contribution < -0.4 is 10.6 Å². The van der Waals surface area contributed by atoms with Crippen LogP contribution in [0.25, 0.3) is 0 Å². The molecular formula is C18H37IN4O. The summed E-state index contributed by atoms with van der Waals surface area (Å²) >= 11 is 0. The SMILES string of the molecule is CCNC(=NCCCN1CCC(C)CC1)NCCC1CCCO1.I. The number of halogens is 1. The summed E-state index contributed by atoms with van der Waals surface area (Å²) in [4.78, 5) is 7.29. The zero-order valence-corrected chi connectivity index (χ0v) is 17.9. The number of nitrogens with zero attached hydrogens (tertiary/aromatic N) is 2.